The number of H-pyrrole nitrogens is 1. The zero-order valence-corrected chi connectivity index (χ0v) is 13.7. The second-order valence-corrected chi connectivity index (χ2v) is 5.48. The van der Waals surface area contributed by atoms with Gasteiger partial charge in [-0.05, 0) is 23.8 Å². The maximum Gasteiger partial charge on any atom is 0.439 e. The van der Waals surface area contributed by atoms with Crippen molar-refractivity contribution >= 4 is 0 Å². The summed E-state index contributed by atoms with van der Waals surface area (Å²) in [5.41, 5.74) is 0.429. The van der Waals surface area contributed by atoms with Crippen LogP contribution in [-0.2, 0) is 12.6 Å². The molecule has 2 aromatic heterocycles. The summed E-state index contributed by atoms with van der Waals surface area (Å²) < 4.78 is 60.4. The summed E-state index contributed by atoms with van der Waals surface area (Å²) in [6.45, 7) is -0.954. The number of aromatic nitrogens is 3. The summed E-state index contributed by atoms with van der Waals surface area (Å²) in [5.74, 6) is -0.552. The number of aromatic amines is 1. The summed E-state index contributed by atoms with van der Waals surface area (Å²) in [4.78, 5) is 17.8. The summed E-state index contributed by atoms with van der Waals surface area (Å²) in [7, 11) is 0. The minimum absolute atomic E-state index is 0.0314. The van der Waals surface area contributed by atoms with Crippen molar-refractivity contribution in [2.24, 2.45) is 0 Å². The zero-order valence-electron chi connectivity index (χ0n) is 13.7. The van der Waals surface area contributed by atoms with E-state index in [0.717, 1.165) is 12.1 Å². The first-order valence-corrected chi connectivity index (χ1v) is 7.77. The number of hydrogen-bond acceptors (Lipinski definition) is 5. The number of pyridine rings is 1. The highest BCUT2D eigenvalue weighted by molar-refractivity contribution is 5.66. The van der Waals surface area contributed by atoms with Crippen LogP contribution in [0.25, 0.3) is 11.4 Å². The normalized spacial score (nSPS) is 11.6. The molecule has 27 heavy (non-hydrogen) atoms. The van der Waals surface area contributed by atoms with Crippen LogP contribution in [0, 0.1) is 0 Å². The molecule has 0 saturated heterocycles. The standard InChI is InChI=1S/C17H13F4N3O3/c18-6-8-26-13-5-7-22-12(14(13)15-23-16(25)27-24-15)9-10-1-3-11(4-2-10)17(19,20)21/h1-5,7H,6,8-9H2,(H,23,24,25). The molecule has 0 bridgehead atoms. The van der Waals surface area contributed by atoms with Gasteiger partial charge in [0.25, 0.3) is 0 Å². The third-order valence-electron chi connectivity index (χ3n) is 3.66. The van der Waals surface area contributed by atoms with Gasteiger partial charge >= 0.3 is 11.9 Å². The van der Waals surface area contributed by atoms with Crippen molar-refractivity contribution in [3.05, 3.63) is 63.9 Å². The van der Waals surface area contributed by atoms with E-state index in [9.17, 15) is 22.4 Å². The Hall–Kier alpha value is -3.17. The van der Waals surface area contributed by atoms with Crippen LogP contribution in [0.2, 0.25) is 0 Å². The number of nitrogens with zero attached hydrogens (tertiary/aromatic N) is 2. The number of halogens is 4. The lowest BCUT2D eigenvalue weighted by Crippen LogP contribution is -2.06. The second-order valence-electron chi connectivity index (χ2n) is 5.48. The van der Waals surface area contributed by atoms with Crippen LogP contribution in [0.15, 0.2) is 45.8 Å². The molecule has 0 saturated carbocycles. The predicted octanol–water partition coefficient (Wildman–Crippen LogP) is 3.38. The van der Waals surface area contributed by atoms with Gasteiger partial charge in [-0.1, -0.05) is 17.3 Å². The van der Waals surface area contributed by atoms with E-state index in [1.165, 1.54) is 24.4 Å². The van der Waals surface area contributed by atoms with Crippen LogP contribution in [0.4, 0.5) is 17.6 Å². The van der Waals surface area contributed by atoms with Crippen LogP contribution in [0.1, 0.15) is 16.8 Å². The number of rotatable bonds is 6. The van der Waals surface area contributed by atoms with Gasteiger partial charge in [0.2, 0.25) is 0 Å². The minimum Gasteiger partial charge on any atom is -0.490 e. The second kappa shape index (κ2) is 7.60. The third-order valence-corrected chi connectivity index (χ3v) is 3.66. The third kappa shape index (κ3) is 4.33. The lowest BCUT2D eigenvalue weighted by molar-refractivity contribution is -0.137. The SMILES string of the molecule is O=c1[nH]c(-c2c(OCCF)ccnc2Cc2ccc(C(F)(F)F)cc2)no1. The molecular weight excluding hydrogens is 370 g/mol. The maximum atomic E-state index is 12.7. The van der Waals surface area contributed by atoms with Crippen molar-refractivity contribution in [1.82, 2.24) is 15.1 Å². The van der Waals surface area contributed by atoms with E-state index in [2.05, 4.69) is 19.6 Å². The molecule has 0 aliphatic rings. The quantitative estimate of drug-likeness (QED) is 0.660. The highest BCUT2D eigenvalue weighted by atomic mass is 19.4. The Morgan fingerprint density at radius 2 is 1.89 bits per heavy atom. The van der Waals surface area contributed by atoms with Crippen LogP contribution in [-0.4, -0.2) is 28.4 Å². The van der Waals surface area contributed by atoms with Crippen LogP contribution >= 0.6 is 0 Å². The molecule has 0 radical (unpaired) electrons. The van der Waals surface area contributed by atoms with E-state index in [4.69, 9.17) is 4.74 Å². The van der Waals surface area contributed by atoms with Gasteiger partial charge in [-0.2, -0.15) is 13.2 Å². The predicted molar refractivity (Wildman–Crippen MR) is 86.1 cm³/mol. The molecule has 142 valence electrons. The number of alkyl halides is 4. The molecule has 0 amide bonds. The molecule has 0 atom stereocenters. The molecule has 1 aromatic carbocycles. The van der Waals surface area contributed by atoms with Gasteiger partial charge in [0.15, 0.2) is 5.82 Å². The van der Waals surface area contributed by atoms with Gasteiger partial charge in [0, 0.05) is 12.6 Å². The Labute approximate surface area is 149 Å². The molecule has 0 spiro atoms. The van der Waals surface area contributed by atoms with Gasteiger partial charge in [-0.25, -0.2) is 9.18 Å². The van der Waals surface area contributed by atoms with E-state index in [1.807, 2.05) is 0 Å². The summed E-state index contributed by atoms with van der Waals surface area (Å²) in [6, 6.07) is 6.06. The summed E-state index contributed by atoms with van der Waals surface area (Å²) in [6.07, 6.45) is -2.88. The highest BCUT2D eigenvalue weighted by Crippen LogP contribution is 2.32. The van der Waals surface area contributed by atoms with Gasteiger partial charge in [0.1, 0.15) is 19.0 Å². The van der Waals surface area contributed by atoms with Crippen molar-refractivity contribution in [2.75, 3.05) is 13.3 Å². The van der Waals surface area contributed by atoms with Gasteiger partial charge in [-0.15, -0.1) is 0 Å². The van der Waals surface area contributed by atoms with E-state index in [1.54, 1.807) is 0 Å². The van der Waals surface area contributed by atoms with Crippen molar-refractivity contribution in [3.8, 4) is 17.1 Å². The molecule has 2 heterocycles. The maximum absolute atomic E-state index is 12.7. The van der Waals surface area contributed by atoms with Gasteiger partial charge < -0.3 is 4.74 Å². The largest absolute Gasteiger partial charge is 0.490 e. The topological polar surface area (TPSA) is 81.0 Å². The first kappa shape index (κ1) is 18.6. The van der Waals surface area contributed by atoms with E-state index in [-0.39, 0.29) is 30.2 Å². The summed E-state index contributed by atoms with van der Waals surface area (Å²) >= 11 is 0. The molecule has 0 fully saturated rings. The molecule has 0 unspecified atom stereocenters. The first-order chi connectivity index (χ1) is 12.9. The van der Waals surface area contributed by atoms with E-state index in [0.29, 0.717) is 11.3 Å². The molecule has 1 N–H and O–H groups in total. The minimum atomic E-state index is -4.43. The Bertz CT molecular complexity index is 965. The number of ether oxygens (including phenoxy) is 1. The Morgan fingerprint density at radius 3 is 2.48 bits per heavy atom. The number of benzene rings is 1. The van der Waals surface area contributed by atoms with E-state index < -0.39 is 24.2 Å². The average Bonchev–Trinajstić information content (AvgIpc) is 3.05. The average molecular weight is 383 g/mol. The number of hydrogen-bond donors (Lipinski definition) is 1. The lowest BCUT2D eigenvalue weighted by atomic mass is 10.0. The van der Waals surface area contributed by atoms with Gasteiger partial charge in [-0.3, -0.25) is 14.5 Å². The fourth-order valence-corrected chi connectivity index (χ4v) is 2.48. The lowest BCUT2D eigenvalue weighted by Gasteiger charge is -2.13. The molecular formula is C17H13F4N3O3. The smallest absolute Gasteiger partial charge is 0.439 e. The van der Waals surface area contributed by atoms with Gasteiger partial charge in [0.05, 0.1) is 16.8 Å². The van der Waals surface area contributed by atoms with Crippen molar-refractivity contribution in [1.29, 1.82) is 0 Å². The van der Waals surface area contributed by atoms with Crippen LogP contribution in [0.5, 0.6) is 5.75 Å². The highest BCUT2D eigenvalue weighted by Gasteiger charge is 2.30. The fourth-order valence-electron chi connectivity index (χ4n) is 2.48. The van der Waals surface area contributed by atoms with Crippen molar-refractivity contribution in [3.63, 3.8) is 0 Å². The Balaban J connectivity index is 1.98. The van der Waals surface area contributed by atoms with Crippen molar-refractivity contribution < 1.29 is 26.8 Å². The molecule has 3 rings (SSSR count). The molecule has 3 aromatic rings. The zero-order chi connectivity index (χ0) is 19.4. The van der Waals surface area contributed by atoms with Crippen LogP contribution in [0.3, 0.4) is 0 Å². The molecule has 6 nitrogen and oxygen atoms in total. The monoisotopic (exact) mass is 383 g/mol. The number of nitrogens with one attached hydrogen (secondary N) is 1. The molecule has 0 aliphatic carbocycles. The van der Waals surface area contributed by atoms with E-state index >= 15 is 0 Å². The summed E-state index contributed by atoms with van der Waals surface area (Å²) in [5, 5.41) is 3.60. The molecule has 0 aliphatic heterocycles. The fraction of sp³-hybridized carbons (Fsp3) is 0.235. The van der Waals surface area contributed by atoms with Crippen LogP contribution < -0.4 is 10.5 Å². The van der Waals surface area contributed by atoms with Crippen molar-refractivity contribution in [2.45, 2.75) is 12.6 Å². The molecule has 10 heteroatoms. The first-order valence-electron chi connectivity index (χ1n) is 7.77. The Morgan fingerprint density at radius 1 is 1.15 bits per heavy atom. The Kier molecular flexibility index (Phi) is 5.24.